The van der Waals surface area contributed by atoms with E-state index in [0.717, 1.165) is 25.4 Å². The molecule has 0 saturated heterocycles. The Hall–Kier alpha value is -1.42. The van der Waals surface area contributed by atoms with E-state index in [2.05, 4.69) is 10.3 Å². The van der Waals surface area contributed by atoms with Crippen LogP contribution in [0.2, 0.25) is 0 Å². The van der Waals surface area contributed by atoms with Gasteiger partial charge in [-0.15, -0.1) is 0 Å². The van der Waals surface area contributed by atoms with Crippen molar-refractivity contribution in [3.8, 4) is 0 Å². The fraction of sp³-hybridized carbons (Fsp3) is 0.571. The fourth-order valence-corrected chi connectivity index (χ4v) is 1.81. The highest BCUT2D eigenvalue weighted by Crippen LogP contribution is 2.27. The third kappa shape index (κ3) is 4.45. The van der Waals surface area contributed by atoms with Crippen LogP contribution in [0.5, 0.6) is 0 Å². The van der Waals surface area contributed by atoms with Gasteiger partial charge in [0, 0.05) is 26.0 Å². The van der Waals surface area contributed by atoms with Gasteiger partial charge in [0.1, 0.15) is 0 Å². The molecule has 1 fully saturated rings. The maximum absolute atomic E-state index is 11.8. The van der Waals surface area contributed by atoms with Gasteiger partial charge in [-0.05, 0) is 49.4 Å². The molecule has 0 aliphatic heterocycles. The van der Waals surface area contributed by atoms with Crippen LogP contribution in [0.4, 0.5) is 0 Å². The molecule has 1 aliphatic rings. The number of rotatable bonds is 7. The lowest BCUT2D eigenvalue weighted by molar-refractivity contribution is -0.128. The standard InChI is InChI=1S/C14H21N3O/c1-17(9-6-12-4-7-15-8-5-12)14(18)11-16-10-13-2-3-13/h4-5,7-8,13,16H,2-3,6,9-11H2,1H3. The van der Waals surface area contributed by atoms with Crippen molar-refractivity contribution < 1.29 is 4.79 Å². The van der Waals surface area contributed by atoms with Crippen LogP contribution in [-0.2, 0) is 11.2 Å². The van der Waals surface area contributed by atoms with E-state index in [1.807, 2.05) is 19.2 Å². The molecular weight excluding hydrogens is 226 g/mol. The summed E-state index contributed by atoms with van der Waals surface area (Å²) in [5, 5.41) is 3.22. The summed E-state index contributed by atoms with van der Waals surface area (Å²) in [7, 11) is 1.86. The molecule has 2 rings (SSSR count). The summed E-state index contributed by atoms with van der Waals surface area (Å²) in [6.45, 7) is 2.21. The minimum Gasteiger partial charge on any atom is -0.344 e. The van der Waals surface area contributed by atoms with Gasteiger partial charge in [0.25, 0.3) is 0 Å². The van der Waals surface area contributed by atoms with Crippen LogP contribution in [0.15, 0.2) is 24.5 Å². The summed E-state index contributed by atoms with van der Waals surface area (Å²) in [6, 6.07) is 3.98. The molecule has 0 atom stereocenters. The Morgan fingerprint density at radius 2 is 2.17 bits per heavy atom. The number of carbonyl (C=O) groups is 1. The number of nitrogens with zero attached hydrogens (tertiary/aromatic N) is 2. The Morgan fingerprint density at radius 3 is 2.83 bits per heavy atom. The molecule has 1 aromatic rings. The molecule has 4 nitrogen and oxygen atoms in total. The van der Waals surface area contributed by atoms with Crippen LogP contribution < -0.4 is 5.32 Å². The third-order valence-electron chi connectivity index (χ3n) is 3.32. The van der Waals surface area contributed by atoms with Crippen LogP contribution in [-0.4, -0.2) is 42.5 Å². The number of carbonyl (C=O) groups excluding carboxylic acids is 1. The van der Waals surface area contributed by atoms with Gasteiger partial charge >= 0.3 is 0 Å². The number of hydrogen-bond acceptors (Lipinski definition) is 3. The molecule has 1 heterocycles. The average Bonchev–Trinajstić information content (AvgIpc) is 3.21. The number of hydrogen-bond donors (Lipinski definition) is 1. The highest BCUT2D eigenvalue weighted by molar-refractivity contribution is 5.77. The lowest BCUT2D eigenvalue weighted by atomic mass is 10.2. The SMILES string of the molecule is CN(CCc1ccncc1)C(=O)CNCC1CC1. The molecular formula is C14H21N3O. The molecule has 0 aromatic carbocycles. The molecule has 0 bridgehead atoms. The van der Waals surface area contributed by atoms with Crippen LogP contribution in [0, 0.1) is 5.92 Å². The van der Waals surface area contributed by atoms with Gasteiger partial charge in [-0.3, -0.25) is 9.78 Å². The topological polar surface area (TPSA) is 45.2 Å². The second kappa shape index (κ2) is 6.50. The van der Waals surface area contributed by atoms with Gasteiger partial charge in [0.05, 0.1) is 6.54 Å². The molecule has 4 heteroatoms. The average molecular weight is 247 g/mol. The first-order valence-corrected chi connectivity index (χ1v) is 6.59. The smallest absolute Gasteiger partial charge is 0.236 e. The predicted octanol–water partition coefficient (Wildman–Crippen LogP) is 1.08. The van der Waals surface area contributed by atoms with Crippen LogP contribution in [0.25, 0.3) is 0 Å². The first kappa shape index (κ1) is 13.0. The van der Waals surface area contributed by atoms with Crippen molar-refractivity contribution >= 4 is 5.91 Å². The molecule has 1 saturated carbocycles. The predicted molar refractivity (Wildman–Crippen MR) is 71.2 cm³/mol. The zero-order valence-electron chi connectivity index (χ0n) is 10.9. The summed E-state index contributed by atoms with van der Waals surface area (Å²) in [6.07, 6.45) is 7.09. The van der Waals surface area contributed by atoms with Gasteiger partial charge in [0.2, 0.25) is 5.91 Å². The quantitative estimate of drug-likeness (QED) is 0.784. The van der Waals surface area contributed by atoms with E-state index in [4.69, 9.17) is 0 Å². The largest absolute Gasteiger partial charge is 0.344 e. The summed E-state index contributed by atoms with van der Waals surface area (Å²) < 4.78 is 0. The maximum Gasteiger partial charge on any atom is 0.236 e. The van der Waals surface area contributed by atoms with Gasteiger partial charge in [0.15, 0.2) is 0 Å². The van der Waals surface area contributed by atoms with Crippen molar-refractivity contribution in [2.24, 2.45) is 5.92 Å². The molecule has 18 heavy (non-hydrogen) atoms. The molecule has 1 aliphatic carbocycles. The monoisotopic (exact) mass is 247 g/mol. The lowest BCUT2D eigenvalue weighted by Crippen LogP contribution is -2.37. The molecule has 0 radical (unpaired) electrons. The van der Waals surface area contributed by atoms with E-state index in [1.165, 1.54) is 18.4 Å². The second-order valence-electron chi connectivity index (χ2n) is 5.00. The minimum atomic E-state index is 0.171. The Kier molecular flexibility index (Phi) is 4.70. The van der Waals surface area contributed by atoms with Crippen molar-refractivity contribution in [3.63, 3.8) is 0 Å². The minimum absolute atomic E-state index is 0.171. The Morgan fingerprint density at radius 1 is 1.44 bits per heavy atom. The van der Waals surface area contributed by atoms with Crippen molar-refractivity contribution in [2.45, 2.75) is 19.3 Å². The highest BCUT2D eigenvalue weighted by Gasteiger charge is 2.20. The van der Waals surface area contributed by atoms with Crippen LogP contribution >= 0.6 is 0 Å². The van der Waals surface area contributed by atoms with E-state index in [-0.39, 0.29) is 5.91 Å². The number of likely N-dealkylation sites (N-methyl/N-ethyl adjacent to an activating group) is 1. The maximum atomic E-state index is 11.8. The Balaban J connectivity index is 1.63. The number of nitrogens with one attached hydrogen (secondary N) is 1. The third-order valence-corrected chi connectivity index (χ3v) is 3.32. The molecule has 1 amide bonds. The Labute approximate surface area is 108 Å². The van der Waals surface area contributed by atoms with E-state index in [1.54, 1.807) is 17.3 Å². The first-order valence-electron chi connectivity index (χ1n) is 6.59. The van der Waals surface area contributed by atoms with E-state index in [0.29, 0.717) is 6.54 Å². The highest BCUT2D eigenvalue weighted by atomic mass is 16.2. The summed E-state index contributed by atoms with van der Waals surface area (Å²) in [4.78, 5) is 17.6. The van der Waals surface area contributed by atoms with Gasteiger partial charge in [-0.2, -0.15) is 0 Å². The number of pyridine rings is 1. The van der Waals surface area contributed by atoms with Crippen molar-refractivity contribution in [2.75, 3.05) is 26.7 Å². The zero-order chi connectivity index (χ0) is 12.8. The van der Waals surface area contributed by atoms with Gasteiger partial charge in [-0.1, -0.05) is 0 Å². The number of amides is 1. The summed E-state index contributed by atoms with van der Waals surface area (Å²) in [5.74, 6) is 0.990. The molecule has 98 valence electrons. The molecule has 1 aromatic heterocycles. The lowest BCUT2D eigenvalue weighted by Gasteiger charge is -2.17. The van der Waals surface area contributed by atoms with Crippen molar-refractivity contribution in [1.82, 2.24) is 15.2 Å². The van der Waals surface area contributed by atoms with E-state index < -0.39 is 0 Å². The van der Waals surface area contributed by atoms with Crippen LogP contribution in [0.1, 0.15) is 18.4 Å². The summed E-state index contributed by atoms with van der Waals surface area (Å²) >= 11 is 0. The molecule has 0 unspecified atom stereocenters. The van der Waals surface area contributed by atoms with Gasteiger partial charge in [-0.25, -0.2) is 0 Å². The van der Waals surface area contributed by atoms with E-state index in [9.17, 15) is 4.79 Å². The Bertz CT molecular complexity index is 376. The van der Waals surface area contributed by atoms with Crippen LogP contribution in [0.3, 0.4) is 0 Å². The fourth-order valence-electron chi connectivity index (χ4n) is 1.81. The zero-order valence-corrected chi connectivity index (χ0v) is 10.9. The molecule has 1 N–H and O–H groups in total. The van der Waals surface area contributed by atoms with E-state index >= 15 is 0 Å². The normalized spacial score (nSPS) is 14.5. The number of aromatic nitrogens is 1. The second-order valence-corrected chi connectivity index (χ2v) is 5.00. The molecule has 0 spiro atoms. The summed E-state index contributed by atoms with van der Waals surface area (Å²) in [5.41, 5.74) is 1.22. The van der Waals surface area contributed by atoms with Crippen molar-refractivity contribution in [3.05, 3.63) is 30.1 Å². The first-order chi connectivity index (χ1) is 8.75. The van der Waals surface area contributed by atoms with Crippen molar-refractivity contribution in [1.29, 1.82) is 0 Å². The van der Waals surface area contributed by atoms with Gasteiger partial charge < -0.3 is 10.2 Å².